The number of nitrogens with one attached hydrogen (secondary N) is 1. The van der Waals surface area contributed by atoms with E-state index in [2.05, 4.69) is 34.1 Å². The van der Waals surface area contributed by atoms with Gasteiger partial charge >= 0.3 is 0 Å². The predicted octanol–water partition coefficient (Wildman–Crippen LogP) is 2.01. The zero-order chi connectivity index (χ0) is 14.8. The van der Waals surface area contributed by atoms with Crippen LogP contribution in [0, 0.1) is 0 Å². The quantitative estimate of drug-likeness (QED) is 0.568. The monoisotopic (exact) mass is 301 g/mol. The number of aryl methyl sites for hydroxylation is 1. The molecule has 0 atom stereocenters. The van der Waals surface area contributed by atoms with Crippen LogP contribution in [0.2, 0.25) is 0 Å². The summed E-state index contributed by atoms with van der Waals surface area (Å²) >= 11 is 1.42. The fraction of sp³-hybridized carbons (Fsp3) is 0.214. The standard InChI is InChI=1S/C14H15N5OS/c1-2-19-11-6-4-3-5-9(11)10(18-19)8-21-14-16-12(15)7-13(20)17-14/h3-7H,2,8H2,1H3,(H3,15,16,17,20). The van der Waals surface area contributed by atoms with Crippen molar-refractivity contribution in [3.05, 3.63) is 46.4 Å². The van der Waals surface area contributed by atoms with Crippen molar-refractivity contribution >= 4 is 28.5 Å². The van der Waals surface area contributed by atoms with Gasteiger partial charge in [-0.15, -0.1) is 0 Å². The number of rotatable bonds is 4. The fourth-order valence-electron chi connectivity index (χ4n) is 2.20. The van der Waals surface area contributed by atoms with Crippen LogP contribution in [0.5, 0.6) is 0 Å². The number of nitrogens with zero attached hydrogens (tertiary/aromatic N) is 3. The molecule has 108 valence electrons. The van der Waals surface area contributed by atoms with Crippen LogP contribution in [0.25, 0.3) is 10.9 Å². The van der Waals surface area contributed by atoms with E-state index < -0.39 is 0 Å². The molecular formula is C14H15N5OS. The number of fused-ring (bicyclic) bond motifs is 1. The summed E-state index contributed by atoms with van der Waals surface area (Å²) in [7, 11) is 0. The summed E-state index contributed by atoms with van der Waals surface area (Å²) in [6.07, 6.45) is 0. The Bertz CT molecular complexity index is 839. The Morgan fingerprint density at radius 3 is 2.95 bits per heavy atom. The zero-order valence-electron chi connectivity index (χ0n) is 11.5. The molecule has 0 bridgehead atoms. The van der Waals surface area contributed by atoms with E-state index in [9.17, 15) is 4.79 Å². The van der Waals surface area contributed by atoms with Crippen molar-refractivity contribution in [3.63, 3.8) is 0 Å². The second-order valence-electron chi connectivity index (χ2n) is 4.54. The number of para-hydroxylation sites is 1. The third-order valence-electron chi connectivity index (χ3n) is 3.12. The molecule has 0 aliphatic carbocycles. The van der Waals surface area contributed by atoms with Gasteiger partial charge in [-0.05, 0) is 13.0 Å². The smallest absolute Gasteiger partial charge is 0.253 e. The topological polar surface area (TPSA) is 89.6 Å². The second-order valence-corrected chi connectivity index (χ2v) is 5.51. The average molecular weight is 301 g/mol. The lowest BCUT2D eigenvalue weighted by molar-refractivity contribution is 0.675. The van der Waals surface area contributed by atoms with Gasteiger partial charge in [0.25, 0.3) is 5.56 Å². The van der Waals surface area contributed by atoms with Crippen LogP contribution in [-0.4, -0.2) is 19.7 Å². The molecule has 3 rings (SSSR count). The summed E-state index contributed by atoms with van der Waals surface area (Å²) in [6.45, 7) is 2.88. The Morgan fingerprint density at radius 2 is 2.19 bits per heavy atom. The van der Waals surface area contributed by atoms with Gasteiger partial charge in [0, 0.05) is 23.8 Å². The Kier molecular flexibility index (Phi) is 3.66. The van der Waals surface area contributed by atoms with Gasteiger partial charge in [0.05, 0.1) is 11.2 Å². The fourth-order valence-corrected chi connectivity index (χ4v) is 3.03. The molecule has 3 N–H and O–H groups in total. The molecule has 1 aromatic carbocycles. The number of anilines is 1. The number of hydrogen-bond acceptors (Lipinski definition) is 5. The number of H-pyrrole nitrogens is 1. The average Bonchev–Trinajstić information content (AvgIpc) is 2.82. The maximum Gasteiger partial charge on any atom is 0.253 e. The molecule has 0 fully saturated rings. The van der Waals surface area contributed by atoms with Gasteiger partial charge in [-0.3, -0.25) is 9.48 Å². The zero-order valence-corrected chi connectivity index (χ0v) is 12.4. The minimum atomic E-state index is -0.242. The summed E-state index contributed by atoms with van der Waals surface area (Å²) in [4.78, 5) is 18.2. The number of thioether (sulfide) groups is 1. The Balaban J connectivity index is 1.90. The highest BCUT2D eigenvalue weighted by molar-refractivity contribution is 7.98. The van der Waals surface area contributed by atoms with Gasteiger partial charge in [0.2, 0.25) is 0 Å². The lowest BCUT2D eigenvalue weighted by Gasteiger charge is -2.00. The summed E-state index contributed by atoms with van der Waals surface area (Å²) < 4.78 is 1.97. The second kappa shape index (κ2) is 5.61. The molecule has 7 heteroatoms. The molecule has 6 nitrogen and oxygen atoms in total. The van der Waals surface area contributed by atoms with E-state index in [1.54, 1.807) is 0 Å². The summed E-state index contributed by atoms with van der Waals surface area (Å²) in [5.41, 5.74) is 7.43. The number of nitrogen functional groups attached to an aromatic ring is 1. The largest absolute Gasteiger partial charge is 0.383 e. The van der Waals surface area contributed by atoms with Crippen molar-refractivity contribution in [2.45, 2.75) is 24.4 Å². The first-order valence-electron chi connectivity index (χ1n) is 6.61. The van der Waals surface area contributed by atoms with Gasteiger partial charge in [-0.1, -0.05) is 30.0 Å². The maximum atomic E-state index is 11.4. The SMILES string of the molecule is CCn1nc(CSc2nc(N)cc(=O)[nH]2)c2ccccc21. The highest BCUT2D eigenvalue weighted by Crippen LogP contribution is 2.24. The van der Waals surface area contributed by atoms with Crippen molar-refractivity contribution in [3.8, 4) is 0 Å². The molecule has 21 heavy (non-hydrogen) atoms. The van der Waals surface area contributed by atoms with E-state index in [0.29, 0.717) is 10.9 Å². The van der Waals surface area contributed by atoms with Crippen molar-refractivity contribution in [2.24, 2.45) is 0 Å². The Labute approximate surface area is 125 Å². The van der Waals surface area contributed by atoms with E-state index in [-0.39, 0.29) is 11.4 Å². The van der Waals surface area contributed by atoms with Gasteiger partial charge in [-0.25, -0.2) is 4.98 Å². The highest BCUT2D eigenvalue weighted by Gasteiger charge is 2.10. The molecule has 0 aliphatic heterocycles. The molecule has 0 spiro atoms. The predicted molar refractivity (Wildman–Crippen MR) is 84.2 cm³/mol. The molecule has 0 amide bonds. The molecule has 0 saturated heterocycles. The number of aromatic amines is 1. The van der Waals surface area contributed by atoms with Gasteiger partial charge < -0.3 is 10.7 Å². The summed E-state index contributed by atoms with van der Waals surface area (Å²) in [6, 6.07) is 9.38. The van der Waals surface area contributed by atoms with Gasteiger partial charge in [0.1, 0.15) is 5.82 Å². The molecule has 0 radical (unpaired) electrons. The van der Waals surface area contributed by atoms with E-state index in [1.807, 2.05) is 16.8 Å². The van der Waals surface area contributed by atoms with Crippen molar-refractivity contribution in [2.75, 3.05) is 5.73 Å². The van der Waals surface area contributed by atoms with Crippen LogP contribution < -0.4 is 11.3 Å². The molecule has 0 unspecified atom stereocenters. The molecule has 2 aromatic heterocycles. The molecule has 0 aliphatic rings. The lowest BCUT2D eigenvalue weighted by Crippen LogP contribution is -2.09. The minimum absolute atomic E-state index is 0.227. The van der Waals surface area contributed by atoms with Crippen molar-refractivity contribution in [1.29, 1.82) is 0 Å². The van der Waals surface area contributed by atoms with Crippen LogP contribution >= 0.6 is 11.8 Å². The van der Waals surface area contributed by atoms with Gasteiger partial charge in [0.15, 0.2) is 5.16 Å². The Morgan fingerprint density at radius 1 is 1.38 bits per heavy atom. The first kappa shape index (κ1) is 13.7. The Hall–Kier alpha value is -2.28. The summed E-state index contributed by atoms with van der Waals surface area (Å²) in [5, 5.41) is 6.25. The number of aromatic nitrogens is 4. The molecule has 0 saturated carbocycles. The third kappa shape index (κ3) is 2.78. The van der Waals surface area contributed by atoms with E-state index >= 15 is 0 Å². The maximum absolute atomic E-state index is 11.4. The number of nitrogens with two attached hydrogens (primary N) is 1. The molecular weight excluding hydrogens is 286 g/mol. The first-order chi connectivity index (χ1) is 10.2. The van der Waals surface area contributed by atoms with Crippen molar-refractivity contribution in [1.82, 2.24) is 19.7 Å². The highest BCUT2D eigenvalue weighted by atomic mass is 32.2. The lowest BCUT2D eigenvalue weighted by atomic mass is 10.2. The van der Waals surface area contributed by atoms with Crippen molar-refractivity contribution < 1.29 is 0 Å². The van der Waals surface area contributed by atoms with E-state index in [4.69, 9.17) is 5.73 Å². The minimum Gasteiger partial charge on any atom is -0.383 e. The normalized spacial score (nSPS) is 11.1. The molecule has 3 aromatic rings. The molecule has 2 heterocycles. The van der Waals surface area contributed by atoms with Gasteiger partial charge in [-0.2, -0.15) is 5.10 Å². The van der Waals surface area contributed by atoms with E-state index in [0.717, 1.165) is 23.1 Å². The van der Waals surface area contributed by atoms with Crippen LogP contribution in [0.1, 0.15) is 12.6 Å². The number of hydrogen-bond donors (Lipinski definition) is 2. The van der Waals surface area contributed by atoms with Crippen LogP contribution in [0.3, 0.4) is 0 Å². The third-order valence-corrected chi connectivity index (χ3v) is 4.00. The summed E-state index contributed by atoms with van der Waals surface area (Å²) in [5.74, 6) is 0.852. The van der Waals surface area contributed by atoms with E-state index in [1.165, 1.54) is 17.8 Å². The van der Waals surface area contributed by atoms with Crippen LogP contribution in [0.4, 0.5) is 5.82 Å². The number of benzene rings is 1. The first-order valence-corrected chi connectivity index (χ1v) is 7.60. The van der Waals surface area contributed by atoms with Crippen LogP contribution in [-0.2, 0) is 12.3 Å². The van der Waals surface area contributed by atoms with Crippen LogP contribution in [0.15, 0.2) is 40.3 Å².